The zero-order valence-electron chi connectivity index (χ0n) is 8.63. The van der Waals surface area contributed by atoms with Crippen LogP contribution < -0.4 is 5.56 Å². The summed E-state index contributed by atoms with van der Waals surface area (Å²) in [5.74, 6) is 0. The molecule has 0 N–H and O–H groups in total. The maximum atomic E-state index is 11.7. The van der Waals surface area contributed by atoms with Crippen LogP contribution in [0.5, 0.6) is 0 Å². The van der Waals surface area contributed by atoms with Crippen LogP contribution in [0, 0.1) is 11.3 Å². The van der Waals surface area contributed by atoms with Crippen LogP contribution in [-0.4, -0.2) is 4.57 Å². The number of rotatable bonds is 2. The van der Waals surface area contributed by atoms with E-state index in [-0.39, 0.29) is 11.1 Å². The summed E-state index contributed by atoms with van der Waals surface area (Å²) in [7, 11) is 0. The molecular formula is C13H10N2O. The Morgan fingerprint density at radius 1 is 1.12 bits per heavy atom. The number of hydrogen-bond acceptors (Lipinski definition) is 2. The Labute approximate surface area is 93.2 Å². The molecule has 0 aliphatic carbocycles. The minimum Gasteiger partial charge on any atom is -0.310 e. The topological polar surface area (TPSA) is 45.8 Å². The molecule has 0 amide bonds. The Balaban J connectivity index is 2.37. The summed E-state index contributed by atoms with van der Waals surface area (Å²) in [4.78, 5) is 11.7. The Morgan fingerprint density at radius 2 is 1.88 bits per heavy atom. The van der Waals surface area contributed by atoms with Crippen molar-refractivity contribution in [3.05, 3.63) is 70.1 Å². The minimum atomic E-state index is -0.242. The molecule has 0 saturated carbocycles. The molecule has 0 saturated heterocycles. The van der Waals surface area contributed by atoms with Crippen LogP contribution in [0.3, 0.4) is 0 Å². The van der Waals surface area contributed by atoms with Crippen LogP contribution in [0.15, 0.2) is 53.5 Å². The van der Waals surface area contributed by atoms with E-state index in [4.69, 9.17) is 5.26 Å². The van der Waals surface area contributed by atoms with Crippen LogP contribution >= 0.6 is 0 Å². The van der Waals surface area contributed by atoms with Gasteiger partial charge in [0, 0.05) is 6.20 Å². The van der Waals surface area contributed by atoms with Gasteiger partial charge in [0.05, 0.1) is 6.54 Å². The smallest absolute Gasteiger partial charge is 0.268 e. The summed E-state index contributed by atoms with van der Waals surface area (Å²) in [6.07, 6.45) is 1.69. The van der Waals surface area contributed by atoms with Crippen LogP contribution in [-0.2, 0) is 6.54 Å². The molecule has 0 unspecified atom stereocenters. The predicted molar refractivity (Wildman–Crippen MR) is 61.0 cm³/mol. The first kappa shape index (κ1) is 10.2. The third kappa shape index (κ3) is 2.01. The highest BCUT2D eigenvalue weighted by atomic mass is 16.1. The third-order valence-electron chi connectivity index (χ3n) is 2.34. The van der Waals surface area contributed by atoms with Crippen molar-refractivity contribution < 1.29 is 0 Å². The lowest BCUT2D eigenvalue weighted by molar-refractivity contribution is 0.756. The summed E-state index contributed by atoms with van der Waals surface area (Å²) >= 11 is 0. The molecule has 0 fully saturated rings. The molecule has 0 atom stereocenters. The van der Waals surface area contributed by atoms with Crippen molar-refractivity contribution in [2.45, 2.75) is 6.54 Å². The van der Waals surface area contributed by atoms with Crippen LogP contribution in [0.25, 0.3) is 0 Å². The van der Waals surface area contributed by atoms with Gasteiger partial charge < -0.3 is 4.57 Å². The van der Waals surface area contributed by atoms with E-state index in [1.54, 1.807) is 12.3 Å². The lowest BCUT2D eigenvalue weighted by Crippen LogP contribution is -2.21. The fourth-order valence-corrected chi connectivity index (χ4v) is 1.53. The lowest BCUT2D eigenvalue weighted by atomic mass is 10.2. The summed E-state index contributed by atoms with van der Waals surface area (Å²) in [5.41, 5.74) is 0.979. The molecule has 1 aromatic carbocycles. The van der Waals surface area contributed by atoms with Crippen molar-refractivity contribution in [2.75, 3.05) is 0 Å². The van der Waals surface area contributed by atoms with Gasteiger partial charge in [0.2, 0.25) is 0 Å². The van der Waals surface area contributed by atoms with Gasteiger partial charge in [0.1, 0.15) is 11.6 Å². The summed E-state index contributed by atoms with van der Waals surface area (Å²) in [6.45, 7) is 0.495. The van der Waals surface area contributed by atoms with Crippen molar-refractivity contribution in [3.63, 3.8) is 0 Å². The second-order valence-corrected chi connectivity index (χ2v) is 3.45. The molecule has 78 valence electrons. The minimum absolute atomic E-state index is 0.179. The maximum Gasteiger partial charge on any atom is 0.268 e. The van der Waals surface area contributed by atoms with Gasteiger partial charge in [-0.1, -0.05) is 30.3 Å². The van der Waals surface area contributed by atoms with Crippen molar-refractivity contribution in [1.82, 2.24) is 4.57 Å². The quantitative estimate of drug-likeness (QED) is 0.758. The van der Waals surface area contributed by atoms with Gasteiger partial charge in [0.15, 0.2) is 0 Å². The van der Waals surface area contributed by atoms with Crippen molar-refractivity contribution in [3.8, 4) is 6.07 Å². The molecule has 0 spiro atoms. The van der Waals surface area contributed by atoms with Gasteiger partial charge in [-0.3, -0.25) is 4.79 Å². The van der Waals surface area contributed by atoms with Crippen LogP contribution in [0.4, 0.5) is 0 Å². The second kappa shape index (κ2) is 4.45. The number of aromatic nitrogens is 1. The third-order valence-corrected chi connectivity index (χ3v) is 2.34. The Hall–Kier alpha value is -2.34. The highest BCUT2D eigenvalue weighted by Crippen LogP contribution is 2.00. The van der Waals surface area contributed by atoms with Gasteiger partial charge >= 0.3 is 0 Å². The van der Waals surface area contributed by atoms with Gasteiger partial charge in [-0.15, -0.1) is 0 Å². The number of hydrogen-bond donors (Lipinski definition) is 0. The highest BCUT2D eigenvalue weighted by molar-refractivity contribution is 5.25. The molecule has 1 heterocycles. The van der Waals surface area contributed by atoms with E-state index in [2.05, 4.69) is 0 Å². The molecule has 16 heavy (non-hydrogen) atoms. The summed E-state index contributed by atoms with van der Waals surface area (Å²) in [6, 6.07) is 14.8. The maximum absolute atomic E-state index is 11.7. The molecule has 0 aliphatic rings. The summed E-state index contributed by atoms with van der Waals surface area (Å²) < 4.78 is 1.54. The average molecular weight is 210 g/mol. The predicted octanol–water partition coefficient (Wildman–Crippen LogP) is 1.77. The van der Waals surface area contributed by atoms with Gasteiger partial charge in [-0.25, -0.2) is 0 Å². The summed E-state index contributed by atoms with van der Waals surface area (Å²) in [5, 5.41) is 8.75. The molecule has 2 rings (SSSR count). The Kier molecular flexibility index (Phi) is 2.84. The normalized spacial score (nSPS) is 9.69. The molecule has 0 aliphatic heterocycles. The number of nitriles is 1. The number of pyridine rings is 1. The second-order valence-electron chi connectivity index (χ2n) is 3.45. The monoisotopic (exact) mass is 210 g/mol. The number of nitrogens with zero attached hydrogens (tertiary/aromatic N) is 2. The first-order valence-electron chi connectivity index (χ1n) is 4.95. The van der Waals surface area contributed by atoms with Crippen molar-refractivity contribution in [1.29, 1.82) is 5.26 Å². The molecular weight excluding hydrogens is 200 g/mol. The molecule has 3 nitrogen and oxygen atoms in total. The van der Waals surface area contributed by atoms with E-state index in [9.17, 15) is 4.79 Å². The first-order valence-corrected chi connectivity index (χ1v) is 4.95. The molecule has 2 aromatic rings. The fourth-order valence-electron chi connectivity index (χ4n) is 1.53. The Bertz CT molecular complexity index is 579. The van der Waals surface area contributed by atoms with E-state index >= 15 is 0 Å². The average Bonchev–Trinajstić information content (AvgIpc) is 2.33. The lowest BCUT2D eigenvalue weighted by Gasteiger charge is -2.05. The first-order chi connectivity index (χ1) is 7.81. The van der Waals surface area contributed by atoms with E-state index in [1.807, 2.05) is 36.4 Å². The van der Waals surface area contributed by atoms with E-state index in [0.29, 0.717) is 6.54 Å². The van der Waals surface area contributed by atoms with Crippen LogP contribution in [0.2, 0.25) is 0 Å². The van der Waals surface area contributed by atoms with Gasteiger partial charge in [0.25, 0.3) is 5.56 Å². The highest BCUT2D eigenvalue weighted by Gasteiger charge is 2.01. The molecule has 1 aromatic heterocycles. The van der Waals surface area contributed by atoms with Gasteiger partial charge in [-0.2, -0.15) is 5.26 Å². The van der Waals surface area contributed by atoms with Crippen LogP contribution in [0.1, 0.15) is 11.1 Å². The van der Waals surface area contributed by atoms with Crippen molar-refractivity contribution >= 4 is 0 Å². The molecule has 3 heteroatoms. The number of benzene rings is 1. The zero-order valence-corrected chi connectivity index (χ0v) is 8.63. The van der Waals surface area contributed by atoms with E-state index < -0.39 is 0 Å². The van der Waals surface area contributed by atoms with Crippen molar-refractivity contribution in [2.24, 2.45) is 0 Å². The fraction of sp³-hybridized carbons (Fsp3) is 0.0769. The standard InChI is InChI=1S/C13H10N2O/c14-9-12-7-4-8-15(13(12)16)10-11-5-2-1-3-6-11/h1-8H,10H2. The largest absolute Gasteiger partial charge is 0.310 e. The SMILES string of the molecule is N#Cc1cccn(Cc2ccccc2)c1=O. The van der Waals surface area contributed by atoms with E-state index in [0.717, 1.165) is 5.56 Å². The zero-order chi connectivity index (χ0) is 11.4. The van der Waals surface area contributed by atoms with Gasteiger partial charge in [-0.05, 0) is 17.7 Å². The molecule has 0 bridgehead atoms. The Morgan fingerprint density at radius 3 is 2.56 bits per heavy atom. The van der Waals surface area contributed by atoms with E-state index in [1.165, 1.54) is 10.6 Å². The molecule has 0 radical (unpaired) electrons.